The molecule has 1 aromatic carbocycles. The lowest BCUT2D eigenvalue weighted by Crippen LogP contribution is -2.40. The summed E-state index contributed by atoms with van der Waals surface area (Å²) in [7, 11) is -1.90. The Balaban J connectivity index is 1.32. The summed E-state index contributed by atoms with van der Waals surface area (Å²) in [6, 6.07) is 10.7. The lowest BCUT2D eigenvalue weighted by Gasteiger charge is -2.28. The monoisotopic (exact) mass is 430 g/mol. The average Bonchev–Trinajstić information content (AvgIpc) is 3.44. The second kappa shape index (κ2) is 8.33. The minimum absolute atomic E-state index is 0.00389. The van der Waals surface area contributed by atoms with Gasteiger partial charge in [-0.15, -0.1) is 0 Å². The van der Waals surface area contributed by atoms with Crippen LogP contribution in [0.3, 0.4) is 0 Å². The third-order valence-corrected chi connectivity index (χ3v) is 6.85. The number of ether oxygens (including phenoxy) is 1. The van der Waals surface area contributed by atoms with Crippen molar-refractivity contribution in [2.45, 2.75) is 13.0 Å². The quantitative estimate of drug-likeness (QED) is 0.590. The van der Waals surface area contributed by atoms with Gasteiger partial charge >= 0.3 is 0 Å². The van der Waals surface area contributed by atoms with Crippen LogP contribution in [0, 0.1) is 0 Å². The number of amides is 1. The fraction of sp³-hybridized carbons (Fsp3) is 0.300. The summed E-state index contributed by atoms with van der Waals surface area (Å²) in [5.41, 5.74) is 2.80. The maximum absolute atomic E-state index is 12.7. The molecule has 0 unspecified atom stereocenters. The molecule has 0 radical (unpaired) electrons. The molecular formula is C20H22N4O5S. The molecule has 1 aliphatic heterocycles. The van der Waals surface area contributed by atoms with Gasteiger partial charge in [0.25, 0.3) is 5.91 Å². The number of carbonyl (C=O) groups is 1. The van der Waals surface area contributed by atoms with Crippen molar-refractivity contribution in [1.29, 1.82) is 0 Å². The molecule has 4 rings (SSSR count). The first-order valence-corrected chi connectivity index (χ1v) is 11.1. The molecule has 0 aliphatic carbocycles. The van der Waals surface area contributed by atoms with Crippen molar-refractivity contribution in [1.82, 2.24) is 19.8 Å². The zero-order chi connectivity index (χ0) is 21.1. The highest BCUT2D eigenvalue weighted by atomic mass is 32.2. The molecule has 30 heavy (non-hydrogen) atoms. The number of methoxy groups -OCH3 is 1. The Morgan fingerprint density at radius 3 is 2.93 bits per heavy atom. The zero-order valence-corrected chi connectivity index (χ0v) is 17.2. The summed E-state index contributed by atoms with van der Waals surface area (Å²) in [6.07, 6.45) is 2.15. The highest BCUT2D eigenvalue weighted by Gasteiger charge is 2.27. The third-order valence-electron chi connectivity index (χ3n) is 5.03. The van der Waals surface area contributed by atoms with Crippen LogP contribution < -0.4 is 10.1 Å². The average molecular weight is 430 g/mol. The van der Waals surface area contributed by atoms with Gasteiger partial charge in [-0.1, -0.05) is 6.07 Å². The van der Waals surface area contributed by atoms with Crippen molar-refractivity contribution in [2.75, 3.05) is 26.0 Å². The Morgan fingerprint density at radius 2 is 2.17 bits per heavy atom. The van der Waals surface area contributed by atoms with Crippen molar-refractivity contribution in [3.05, 3.63) is 59.5 Å². The largest absolute Gasteiger partial charge is 0.497 e. The summed E-state index contributed by atoms with van der Waals surface area (Å²) in [5, 5.41) is 9.29. The molecule has 10 heteroatoms. The van der Waals surface area contributed by atoms with Crippen LogP contribution in [-0.2, 0) is 23.0 Å². The molecule has 0 saturated heterocycles. The standard InChI is InChI=1S/C20H22N4O5S/c1-28-16-5-4-15-13-24(8-6-14(15)11-16)30(26,27)10-7-21-20(25)18-12-17(22-23-18)19-3-2-9-29-19/h2-5,9,11-12H,6-8,10,13H2,1H3,(H,21,25)(H,22,23). The van der Waals surface area contributed by atoms with E-state index in [-0.39, 0.29) is 18.0 Å². The van der Waals surface area contributed by atoms with Crippen molar-refractivity contribution in [3.63, 3.8) is 0 Å². The number of hydrogen-bond acceptors (Lipinski definition) is 6. The molecule has 1 aliphatic rings. The van der Waals surface area contributed by atoms with Crippen LogP contribution >= 0.6 is 0 Å². The van der Waals surface area contributed by atoms with Gasteiger partial charge in [-0.3, -0.25) is 9.89 Å². The second-order valence-corrected chi connectivity index (χ2v) is 9.02. The molecular weight excluding hydrogens is 408 g/mol. The number of hydrogen-bond donors (Lipinski definition) is 2. The SMILES string of the molecule is COc1ccc2c(c1)CCN(S(=O)(=O)CCNC(=O)c1cc(-c3ccco3)[nH]n1)C2. The molecule has 0 atom stereocenters. The fourth-order valence-corrected chi connectivity index (χ4v) is 4.70. The van der Waals surface area contributed by atoms with Gasteiger partial charge in [0.15, 0.2) is 11.5 Å². The van der Waals surface area contributed by atoms with E-state index in [1.165, 1.54) is 10.6 Å². The predicted octanol–water partition coefficient (Wildman–Crippen LogP) is 1.80. The number of aromatic amines is 1. The number of rotatable bonds is 7. The molecule has 158 valence electrons. The van der Waals surface area contributed by atoms with Gasteiger partial charge in [0.2, 0.25) is 10.0 Å². The summed E-state index contributed by atoms with van der Waals surface area (Å²) >= 11 is 0. The Bertz CT molecular complexity index is 1140. The topological polar surface area (TPSA) is 118 Å². The first kappa shape index (κ1) is 20.2. The Kier molecular flexibility index (Phi) is 5.60. The van der Waals surface area contributed by atoms with Crippen molar-refractivity contribution in [2.24, 2.45) is 0 Å². The Morgan fingerprint density at radius 1 is 1.30 bits per heavy atom. The van der Waals surface area contributed by atoms with Crippen LogP contribution in [0.1, 0.15) is 21.6 Å². The maximum atomic E-state index is 12.7. The van der Waals surface area contributed by atoms with Crippen molar-refractivity contribution in [3.8, 4) is 17.2 Å². The van der Waals surface area contributed by atoms with E-state index in [0.29, 0.717) is 31.0 Å². The van der Waals surface area contributed by atoms with Gasteiger partial charge in [0.05, 0.1) is 19.1 Å². The number of fused-ring (bicyclic) bond motifs is 1. The lowest BCUT2D eigenvalue weighted by molar-refractivity contribution is 0.0951. The van der Waals surface area contributed by atoms with Gasteiger partial charge in [0.1, 0.15) is 11.4 Å². The molecule has 0 spiro atoms. The summed E-state index contributed by atoms with van der Waals surface area (Å²) in [5.74, 6) is 0.698. The minimum Gasteiger partial charge on any atom is -0.497 e. The smallest absolute Gasteiger partial charge is 0.271 e. The molecule has 0 saturated carbocycles. The molecule has 3 heterocycles. The van der Waals surface area contributed by atoms with E-state index in [2.05, 4.69) is 15.5 Å². The normalized spacial score (nSPS) is 14.3. The van der Waals surface area contributed by atoms with E-state index in [0.717, 1.165) is 16.9 Å². The Hall–Kier alpha value is -3.11. The van der Waals surface area contributed by atoms with Gasteiger partial charge < -0.3 is 14.5 Å². The number of H-pyrrole nitrogens is 1. The summed E-state index contributed by atoms with van der Waals surface area (Å²) in [6.45, 7) is 0.722. The highest BCUT2D eigenvalue weighted by Crippen LogP contribution is 2.25. The van der Waals surface area contributed by atoms with Gasteiger partial charge in [-0.25, -0.2) is 8.42 Å². The van der Waals surface area contributed by atoms with E-state index in [1.54, 1.807) is 25.3 Å². The minimum atomic E-state index is -3.51. The van der Waals surface area contributed by atoms with Gasteiger partial charge in [-0.2, -0.15) is 9.40 Å². The summed E-state index contributed by atoms with van der Waals surface area (Å²) in [4.78, 5) is 12.3. The van der Waals surface area contributed by atoms with Crippen molar-refractivity contribution < 1.29 is 22.4 Å². The molecule has 9 nitrogen and oxygen atoms in total. The van der Waals surface area contributed by atoms with E-state index in [4.69, 9.17) is 9.15 Å². The predicted molar refractivity (Wildman–Crippen MR) is 110 cm³/mol. The van der Waals surface area contributed by atoms with E-state index < -0.39 is 15.9 Å². The summed E-state index contributed by atoms with van der Waals surface area (Å²) < 4.78 is 37.4. The number of sulfonamides is 1. The third kappa shape index (κ3) is 4.24. The number of nitrogens with one attached hydrogen (secondary N) is 2. The van der Waals surface area contributed by atoms with Crippen LogP contribution in [0.4, 0.5) is 0 Å². The molecule has 1 amide bonds. The molecule has 3 aromatic rings. The lowest BCUT2D eigenvalue weighted by atomic mass is 10.0. The van der Waals surface area contributed by atoms with Gasteiger partial charge in [-0.05, 0) is 41.8 Å². The van der Waals surface area contributed by atoms with Crippen LogP contribution in [-0.4, -0.2) is 54.8 Å². The number of furan rings is 1. The molecule has 2 aromatic heterocycles. The second-order valence-electron chi connectivity index (χ2n) is 6.93. The highest BCUT2D eigenvalue weighted by molar-refractivity contribution is 7.89. The first-order chi connectivity index (χ1) is 14.5. The molecule has 0 fully saturated rings. The first-order valence-electron chi connectivity index (χ1n) is 9.47. The maximum Gasteiger partial charge on any atom is 0.271 e. The molecule has 0 bridgehead atoms. The zero-order valence-electron chi connectivity index (χ0n) is 16.4. The van der Waals surface area contributed by atoms with E-state index >= 15 is 0 Å². The number of aromatic nitrogens is 2. The number of carbonyl (C=O) groups excluding carboxylic acids is 1. The van der Waals surface area contributed by atoms with E-state index in [9.17, 15) is 13.2 Å². The molecule has 2 N–H and O–H groups in total. The Labute approximate surface area is 174 Å². The van der Waals surface area contributed by atoms with Crippen molar-refractivity contribution >= 4 is 15.9 Å². The van der Waals surface area contributed by atoms with Gasteiger partial charge in [0, 0.05) is 25.7 Å². The fourth-order valence-electron chi connectivity index (χ4n) is 3.38. The number of nitrogens with zero attached hydrogens (tertiary/aromatic N) is 2. The number of benzene rings is 1. The van der Waals surface area contributed by atoms with Crippen LogP contribution in [0.25, 0.3) is 11.5 Å². The van der Waals surface area contributed by atoms with Crippen LogP contribution in [0.2, 0.25) is 0 Å². The van der Waals surface area contributed by atoms with E-state index in [1.807, 2.05) is 18.2 Å². The van der Waals surface area contributed by atoms with Crippen LogP contribution in [0.15, 0.2) is 47.1 Å². The van der Waals surface area contributed by atoms with Crippen LogP contribution in [0.5, 0.6) is 5.75 Å².